The number of hydrogen-bond acceptors (Lipinski definition) is 6. The molecule has 0 saturated carbocycles. The van der Waals surface area contributed by atoms with Crippen molar-refractivity contribution in [2.45, 2.75) is 63.4 Å². The Labute approximate surface area is 275 Å². The number of aliphatic hydroxyl groups is 2. The van der Waals surface area contributed by atoms with Crippen molar-refractivity contribution < 1.29 is 24.5 Å². The Morgan fingerprint density at radius 3 is 2.26 bits per heavy atom. The minimum absolute atomic E-state index is 0.00000970. The first-order valence-corrected chi connectivity index (χ1v) is 16.3. The number of benzene rings is 4. The molecule has 2 aliphatic heterocycles. The number of carbonyl (C=O) groups excluding carboxylic acids is 1. The lowest BCUT2D eigenvalue weighted by atomic mass is 9.84. The Hall–Kier alpha value is -3.56. The van der Waals surface area contributed by atoms with Crippen LogP contribution in [0.5, 0.6) is 0 Å². The SMILES string of the molecule is CC(=O)NCc1cccc(-c2ccc(C3OC(CN4CCC(O)(c5ccc(Cl)cc5)CC4)CC(c4ccc(CO)cc4)O3)cc2)c1. The highest BCUT2D eigenvalue weighted by molar-refractivity contribution is 6.30. The van der Waals surface area contributed by atoms with Gasteiger partial charge >= 0.3 is 0 Å². The van der Waals surface area contributed by atoms with Gasteiger partial charge in [0.25, 0.3) is 0 Å². The van der Waals surface area contributed by atoms with E-state index >= 15 is 0 Å². The van der Waals surface area contributed by atoms with Crippen LogP contribution in [-0.4, -0.2) is 46.8 Å². The predicted octanol–water partition coefficient (Wildman–Crippen LogP) is 6.66. The van der Waals surface area contributed by atoms with E-state index in [0.29, 0.717) is 30.8 Å². The lowest BCUT2D eigenvalue weighted by Crippen LogP contribution is -2.46. The van der Waals surface area contributed by atoms with E-state index in [0.717, 1.165) is 58.6 Å². The Morgan fingerprint density at radius 1 is 0.891 bits per heavy atom. The van der Waals surface area contributed by atoms with E-state index in [9.17, 15) is 15.0 Å². The van der Waals surface area contributed by atoms with Crippen molar-refractivity contribution in [2.24, 2.45) is 0 Å². The van der Waals surface area contributed by atoms with Crippen LogP contribution in [0.3, 0.4) is 0 Å². The number of rotatable bonds is 9. The van der Waals surface area contributed by atoms with E-state index in [-0.39, 0.29) is 24.7 Å². The summed E-state index contributed by atoms with van der Waals surface area (Å²) >= 11 is 6.08. The number of carbonyl (C=O) groups is 1. The molecule has 0 aromatic heterocycles. The standard InChI is InChI=1S/C38H41ClN2O5/c1-26(43)40-23-28-3-2-4-32(21-28)29-9-11-31(12-10-29)37-45-35(22-36(46-37)30-7-5-27(25-42)6-8-30)24-41-19-17-38(44,18-20-41)33-13-15-34(39)16-14-33/h2-16,21,35-37,42,44H,17-20,22-25H2,1H3,(H,40,43). The summed E-state index contributed by atoms with van der Waals surface area (Å²) in [6, 6.07) is 31.9. The molecule has 3 unspecified atom stereocenters. The van der Waals surface area contributed by atoms with Crippen LogP contribution < -0.4 is 5.32 Å². The molecule has 1 amide bonds. The quantitative estimate of drug-likeness (QED) is 0.189. The molecule has 0 bridgehead atoms. The van der Waals surface area contributed by atoms with Gasteiger partial charge in [-0.15, -0.1) is 0 Å². The Morgan fingerprint density at radius 2 is 1.59 bits per heavy atom. The highest BCUT2D eigenvalue weighted by atomic mass is 35.5. The van der Waals surface area contributed by atoms with Crippen LogP contribution in [0.2, 0.25) is 5.02 Å². The lowest BCUT2D eigenvalue weighted by molar-refractivity contribution is -0.253. The third kappa shape index (κ3) is 7.86. The Kier molecular flexibility index (Phi) is 10.2. The highest BCUT2D eigenvalue weighted by Gasteiger charge is 2.37. The van der Waals surface area contributed by atoms with Crippen LogP contribution in [0.4, 0.5) is 0 Å². The maximum atomic E-state index is 11.4. The molecule has 2 saturated heterocycles. The van der Waals surface area contributed by atoms with Crippen molar-refractivity contribution in [2.75, 3.05) is 19.6 Å². The molecule has 2 fully saturated rings. The normalized spacial score (nSPS) is 21.5. The number of aliphatic hydroxyl groups excluding tert-OH is 1. The summed E-state index contributed by atoms with van der Waals surface area (Å²) in [5.74, 6) is -0.0529. The second-order valence-electron chi connectivity index (χ2n) is 12.4. The molecule has 2 aliphatic rings. The van der Waals surface area contributed by atoms with Gasteiger partial charge in [0.1, 0.15) is 0 Å². The molecule has 46 heavy (non-hydrogen) atoms. The molecule has 6 rings (SSSR count). The van der Waals surface area contributed by atoms with E-state index in [4.69, 9.17) is 21.1 Å². The maximum Gasteiger partial charge on any atom is 0.217 e. The van der Waals surface area contributed by atoms with Gasteiger partial charge in [-0.1, -0.05) is 90.5 Å². The smallest absolute Gasteiger partial charge is 0.217 e. The number of nitrogens with one attached hydrogen (secondary N) is 1. The second-order valence-corrected chi connectivity index (χ2v) is 12.9. The lowest BCUT2D eigenvalue weighted by Gasteiger charge is -2.42. The van der Waals surface area contributed by atoms with Crippen molar-refractivity contribution in [3.05, 3.63) is 130 Å². The topological polar surface area (TPSA) is 91.3 Å². The van der Waals surface area contributed by atoms with Gasteiger partial charge in [-0.2, -0.15) is 0 Å². The fourth-order valence-electron chi connectivity index (χ4n) is 6.40. The van der Waals surface area contributed by atoms with Crippen molar-refractivity contribution in [1.29, 1.82) is 0 Å². The summed E-state index contributed by atoms with van der Waals surface area (Å²) in [7, 11) is 0. The summed E-state index contributed by atoms with van der Waals surface area (Å²) in [5.41, 5.74) is 6.09. The van der Waals surface area contributed by atoms with Gasteiger partial charge in [0, 0.05) is 50.1 Å². The molecule has 0 aliphatic carbocycles. The van der Waals surface area contributed by atoms with Crippen LogP contribution in [0.25, 0.3) is 11.1 Å². The van der Waals surface area contributed by atoms with Crippen LogP contribution in [0.15, 0.2) is 97.1 Å². The molecular weight excluding hydrogens is 600 g/mol. The average molecular weight is 641 g/mol. The largest absolute Gasteiger partial charge is 0.392 e. The summed E-state index contributed by atoms with van der Waals surface area (Å²) in [5, 5.41) is 24.5. The minimum atomic E-state index is -0.859. The first kappa shape index (κ1) is 32.4. The Bertz CT molecular complexity index is 1600. The second kappa shape index (κ2) is 14.5. The third-order valence-electron chi connectivity index (χ3n) is 9.13. The monoisotopic (exact) mass is 640 g/mol. The van der Waals surface area contributed by atoms with E-state index in [2.05, 4.69) is 46.6 Å². The number of halogens is 1. The summed E-state index contributed by atoms with van der Waals surface area (Å²) < 4.78 is 13.2. The van der Waals surface area contributed by atoms with Crippen LogP contribution in [0.1, 0.15) is 66.4 Å². The molecule has 7 nitrogen and oxygen atoms in total. The summed E-state index contributed by atoms with van der Waals surface area (Å²) in [4.78, 5) is 13.7. The van der Waals surface area contributed by atoms with E-state index < -0.39 is 11.9 Å². The fraction of sp³-hybridized carbons (Fsp3) is 0.342. The van der Waals surface area contributed by atoms with E-state index in [1.807, 2.05) is 60.7 Å². The minimum Gasteiger partial charge on any atom is -0.392 e. The number of piperidine rings is 1. The van der Waals surface area contributed by atoms with Gasteiger partial charge in [-0.05, 0) is 64.4 Å². The predicted molar refractivity (Wildman–Crippen MR) is 179 cm³/mol. The fourth-order valence-corrected chi connectivity index (χ4v) is 6.52. The van der Waals surface area contributed by atoms with E-state index in [1.54, 1.807) is 0 Å². The molecule has 3 atom stereocenters. The van der Waals surface area contributed by atoms with Crippen molar-refractivity contribution in [3.63, 3.8) is 0 Å². The Balaban J connectivity index is 1.16. The zero-order valence-electron chi connectivity index (χ0n) is 26.1. The first-order valence-electron chi connectivity index (χ1n) is 15.9. The number of hydrogen-bond donors (Lipinski definition) is 3. The molecule has 3 N–H and O–H groups in total. The van der Waals surface area contributed by atoms with Crippen molar-refractivity contribution >= 4 is 17.5 Å². The number of ether oxygens (including phenoxy) is 2. The van der Waals surface area contributed by atoms with Gasteiger partial charge in [0.05, 0.1) is 24.4 Å². The number of likely N-dealkylation sites (tertiary alicyclic amines) is 1. The molecule has 2 heterocycles. The molecular formula is C38H41ClN2O5. The van der Waals surface area contributed by atoms with Gasteiger partial charge in [0.15, 0.2) is 6.29 Å². The maximum absolute atomic E-state index is 11.4. The molecule has 0 radical (unpaired) electrons. The number of nitrogens with zero attached hydrogens (tertiary/aromatic N) is 1. The zero-order chi connectivity index (χ0) is 32.1. The highest BCUT2D eigenvalue weighted by Crippen LogP contribution is 2.40. The zero-order valence-corrected chi connectivity index (χ0v) is 26.8. The molecule has 0 spiro atoms. The molecule has 240 valence electrons. The number of amides is 1. The molecule has 8 heteroatoms. The van der Waals surface area contributed by atoms with Gasteiger partial charge < -0.3 is 29.9 Å². The van der Waals surface area contributed by atoms with Crippen LogP contribution in [0, 0.1) is 0 Å². The van der Waals surface area contributed by atoms with Gasteiger partial charge in [-0.3, -0.25) is 4.79 Å². The average Bonchev–Trinajstić information content (AvgIpc) is 3.09. The first-order chi connectivity index (χ1) is 22.3. The molecule has 4 aromatic rings. The third-order valence-corrected chi connectivity index (χ3v) is 9.38. The summed E-state index contributed by atoms with van der Waals surface area (Å²) in [6.45, 7) is 4.27. The van der Waals surface area contributed by atoms with Crippen LogP contribution in [-0.2, 0) is 33.0 Å². The van der Waals surface area contributed by atoms with Crippen molar-refractivity contribution in [3.8, 4) is 11.1 Å². The van der Waals surface area contributed by atoms with Crippen LogP contribution >= 0.6 is 11.6 Å². The van der Waals surface area contributed by atoms with Gasteiger partial charge in [0.2, 0.25) is 5.91 Å². The van der Waals surface area contributed by atoms with Crippen molar-refractivity contribution in [1.82, 2.24) is 10.2 Å². The summed E-state index contributed by atoms with van der Waals surface area (Å²) in [6.07, 6.45) is 1.19. The van der Waals surface area contributed by atoms with Gasteiger partial charge in [-0.25, -0.2) is 0 Å². The van der Waals surface area contributed by atoms with E-state index in [1.165, 1.54) is 6.92 Å². The molecule has 4 aromatic carbocycles.